The predicted molar refractivity (Wildman–Crippen MR) is 153 cm³/mol. The minimum atomic E-state index is -4.23. The number of sulfonamides is 1. The molecule has 0 saturated carbocycles. The van der Waals surface area contributed by atoms with E-state index in [2.05, 4.69) is 5.32 Å². The van der Waals surface area contributed by atoms with Gasteiger partial charge >= 0.3 is 0 Å². The van der Waals surface area contributed by atoms with Gasteiger partial charge in [0.15, 0.2) is 0 Å². The van der Waals surface area contributed by atoms with Gasteiger partial charge in [0, 0.05) is 12.6 Å². The maximum Gasteiger partial charge on any atom is 0.264 e. The average molecular weight is 570 g/mol. The number of ether oxygens (including phenoxy) is 1. The molecule has 0 saturated heterocycles. The zero-order chi connectivity index (χ0) is 29.4. The lowest BCUT2D eigenvalue weighted by Crippen LogP contribution is -2.53. The summed E-state index contributed by atoms with van der Waals surface area (Å²) in [5.74, 6) is -1.12. The van der Waals surface area contributed by atoms with E-state index >= 15 is 0 Å². The molecule has 1 N–H and O–H groups in total. The van der Waals surface area contributed by atoms with Gasteiger partial charge in [-0.05, 0) is 74.7 Å². The summed E-state index contributed by atoms with van der Waals surface area (Å²) in [4.78, 5) is 28.6. The molecule has 0 bridgehead atoms. The van der Waals surface area contributed by atoms with Gasteiger partial charge in [-0.2, -0.15) is 0 Å². The summed E-state index contributed by atoms with van der Waals surface area (Å²) in [6, 6.07) is 17.4. The normalized spacial score (nSPS) is 12.1. The third kappa shape index (κ3) is 7.38. The van der Waals surface area contributed by atoms with Crippen LogP contribution in [0.5, 0.6) is 5.75 Å². The topological polar surface area (TPSA) is 96.0 Å². The molecule has 0 aliphatic carbocycles. The Hall–Kier alpha value is -3.92. The lowest BCUT2D eigenvalue weighted by Gasteiger charge is -2.34. The van der Waals surface area contributed by atoms with Gasteiger partial charge in [-0.1, -0.05) is 43.3 Å². The minimum Gasteiger partial charge on any atom is -0.495 e. The average Bonchev–Trinajstić information content (AvgIpc) is 2.92. The Morgan fingerprint density at radius 1 is 1.00 bits per heavy atom. The van der Waals surface area contributed by atoms with E-state index in [9.17, 15) is 22.4 Å². The Labute approximate surface area is 235 Å². The van der Waals surface area contributed by atoms with Crippen LogP contribution in [0.15, 0.2) is 77.7 Å². The Bertz CT molecular complexity index is 1410. The summed E-state index contributed by atoms with van der Waals surface area (Å²) in [7, 11) is -2.80. The molecule has 0 radical (unpaired) electrons. The van der Waals surface area contributed by atoms with Crippen molar-refractivity contribution in [1.82, 2.24) is 10.2 Å². The van der Waals surface area contributed by atoms with Crippen LogP contribution < -0.4 is 14.4 Å². The summed E-state index contributed by atoms with van der Waals surface area (Å²) in [6.07, 6.45) is 0.282. The number of carbonyl (C=O) groups is 2. The molecule has 40 heavy (non-hydrogen) atoms. The lowest BCUT2D eigenvalue weighted by atomic mass is 10.1. The highest BCUT2D eigenvalue weighted by molar-refractivity contribution is 7.92. The van der Waals surface area contributed by atoms with Crippen molar-refractivity contribution in [2.75, 3.05) is 18.0 Å². The first-order valence-electron chi connectivity index (χ1n) is 13.0. The summed E-state index contributed by atoms with van der Waals surface area (Å²) in [5.41, 5.74) is 1.56. The highest BCUT2D eigenvalue weighted by Crippen LogP contribution is 2.33. The molecule has 3 aromatic carbocycles. The molecule has 0 unspecified atom stereocenters. The third-order valence-electron chi connectivity index (χ3n) is 6.30. The summed E-state index contributed by atoms with van der Waals surface area (Å²) in [5, 5.41) is 2.85. The highest BCUT2D eigenvalue weighted by Gasteiger charge is 2.35. The molecule has 2 amide bonds. The molecule has 8 nitrogen and oxygen atoms in total. The van der Waals surface area contributed by atoms with E-state index in [1.807, 2.05) is 20.8 Å². The first-order chi connectivity index (χ1) is 19.0. The molecular weight excluding hydrogens is 533 g/mol. The molecule has 214 valence electrons. The van der Waals surface area contributed by atoms with E-state index in [0.29, 0.717) is 5.56 Å². The van der Waals surface area contributed by atoms with Crippen LogP contribution in [-0.4, -0.2) is 50.9 Å². The number of rotatable bonds is 12. The van der Waals surface area contributed by atoms with Crippen LogP contribution in [0.25, 0.3) is 0 Å². The number of anilines is 1. The van der Waals surface area contributed by atoms with Gasteiger partial charge in [0.05, 0.1) is 17.7 Å². The van der Waals surface area contributed by atoms with Gasteiger partial charge < -0.3 is 15.0 Å². The number of hydrogen-bond donors (Lipinski definition) is 1. The number of halogens is 1. The van der Waals surface area contributed by atoms with Gasteiger partial charge in [-0.25, -0.2) is 12.8 Å². The Kier molecular flexibility index (Phi) is 10.3. The van der Waals surface area contributed by atoms with E-state index in [1.54, 1.807) is 43.3 Å². The van der Waals surface area contributed by atoms with Gasteiger partial charge in [-0.15, -0.1) is 0 Å². The number of benzene rings is 3. The molecule has 1 atom stereocenters. The number of amides is 2. The highest BCUT2D eigenvalue weighted by atomic mass is 32.2. The monoisotopic (exact) mass is 569 g/mol. The number of nitrogens with one attached hydrogen (secondary N) is 1. The molecule has 0 aliphatic rings. The molecule has 0 aromatic heterocycles. The number of methoxy groups -OCH3 is 1. The maximum absolute atomic E-state index is 14.1. The van der Waals surface area contributed by atoms with Crippen molar-refractivity contribution in [3.05, 3.63) is 89.7 Å². The zero-order valence-corrected chi connectivity index (χ0v) is 24.2. The lowest BCUT2D eigenvalue weighted by molar-refractivity contribution is -0.140. The molecule has 0 heterocycles. The van der Waals surface area contributed by atoms with Crippen LogP contribution in [0.3, 0.4) is 0 Å². The predicted octanol–water partition coefficient (Wildman–Crippen LogP) is 4.67. The number of hydrogen-bond acceptors (Lipinski definition) is 5. The Balaban J connectivity index is 2.12. The second-order valence-electron chi connectivity index (χ2n) is 9.74. The quantitative estimate of drug-likeness (QED) is 0.342. The Morgan fingerprint density at radius 3 is 2.23 bits per heavy atom. The van der Waals surface area contributed by atoms with Crippen LogP contribution in [0.1, 0.15) is 38.3 Å². The molecular formula is C30H36FN3O5S. The number of aryl methyl sites for hydroxylation is 1. The Morgan fingerprint density at radius 2 is 1.65 bits per heavy atom. The second kappa shape index (κ2) is 13.4. The largest absolute Gasteiger partial charge is 0.495 e. The SMILES string of the molecule is CC[C@H](C(=O)NC(C)C)N(Cc1ccc(F)cc1)C(=O)CN(c1cc(C)ccc1OC)S(=O)(=O)c1ccccc1. The molecule has 0 fully saturated rings. The van der Waals surface area contributed by atoms with E-state index in [4.69, 9.17) is 4.74 Å². The smallest absolute Gasteiger partial charge is 0.264 e. The second-order valence-corrected chi connectivity index (χ2v) is 11.6. The van der Waals surface area contributed by atoms with Crippen molar-refractivity contribution < 1.29 is 27.1 Å². The summed E-state index contributed by atoms with van der Waals surface area (Å²) < 4.78 is 48.0. The molecule has 0 spiro atoms. The summed E-state index contributed by atoms with van der Waals surface area (Å²) in [6.45, 7) is 6.60. The van der Waals surface area contributed by atoms with Gasteiger partial charge in [0.25, 0.3) is 10.0 Å². The van der Waals surface area contributed by atoms with Crippen LogP contribution in [-0.2, 0) is 26.2 Å². The van der Waals surface area contributed by atoms with E-state index in [0.717, 1.165) is 9.87 Å². The number of nitrogens with zero attached hydrogens (tertiary/aromatic N) is 2. The first kappa shape index (κ1) is 30.6. The maximum atomic E-state index is 14.1. The van der Waals surface area contributed by atoms with Crippen molar-refractivity contribution in [3.63, 3.8) is 0 Å². The van der Waals surface area contributed by atoms with E-state index in [1.165, 1.54) is 48.4 Å². The van der Waals surface area contributed by atoms with Crippen molar-refractivity contribution in [2.45, 2.75) is 57.6 Å². The van der Waals surface area contributed by atoms with Crippen LogP contribution in [0.4, 0.5) is 10.1 Å². The fraction of sp³-hybridized carbons (Fsp3) is 0.333. The van der Waals surface area contributed by atoms with Crippen molar-refractivity contribution in [1.29, 1.82) is 0 Å². The zero-order valence-electron chi connectivity index (χ0n) is 23.4. The van der Waals surface area contributed by atoms with Gasteiger partial charge in [0.1, 0.15) is 24.2 Å². The van der Waals surface area contributed by atoms with Crippen molar-refractivity contribution in [2.24, 2.45) is 0 Å². The minimum absolute atomic E-state index is 0.000959. The molecule has 0 aliphatic heterocycles. The van der Waals surface area contributed by atoms with Gasteiger partial charge in [-0.3, -0.25) is 13.9 Å². The standard InChI is InChI=1S/C30H36FN3O5S/c1-6-26(30(36)32-21(2)3)33(19-23-13-15-24(31)16-14-23)29(35)20-34(27-18-22(4)12-17-28(27)39-5)40(37,38)25-10-8-7-9-11-25/h7-18,21,26H,6,19-20H2,1-5H3,(H,32,36)/t26-/m1/s1. The van der Waals surface area contributed by atoms with Crippen LogP contribution >= 0.6 is 0 Å². The fourth-order valence-corrected chi connectivity index (χ4v) is 5.75. The van der Waals surface area contributed by atoms with E-state index in [-0.39, 0.29) is 41.2 Å². The molecule has 10 heteroatoms. The van der Waals surface area contributed by atoms with Crippen LogP contribution in [0, 0.1) is 12.7 Å². The van der Waals surface area contributed by atoms with E-state index < -0.39 is 34.3 Å². The van der Waals surface area contributed by atoms with Gasteiger partial charge in [0.2, 0.25) is 11.8 Å². The van der Waals surface area contributed by atoms with Crippen LogP contribution in [0.2, 0.25) is 0 Å². The van der Waals surface area contributed by atoms with Crippen molar-refractivity contribution >= 4 is 27.5 Å². The first-order valence-corrected chi connectivity index (χ1v) is 14.5. The molecule has 3 rings (SSSR count). The summed E-state index contributed by atoms with van der Waals surface area (Å²) >= 11 is 0. The van der Waals surface area contributed by atoms with Crippen molar-refractivity contribution in [3.8, 4) is 5.75 Å². The molecule has 3 aromatic rings. The third-order valence-corrected chi connectivity index (χ3v) is 8.07. The number of carbonyl (C=O) groups excluding carboxylic acids is 2. The fourth-order valence-electron chi connectivity index (χ4n) is 4.31.